The summed E-state index contributed by atoms with van der Waals surface area (Å²) in [6.45, 7) is 4.69. The van der Waals surface area contributed by atoms with Crippen LogP contribution in [0.3, 0.4) is 0 Å². The minimum absolute atomic E-state index is 0.0319. The molecule has 2 aromatic rings. The second-order valence-electron chi connectivity index (χ2n) is 5.46. The SMILES string of the molecule is CC(C)CC(CN)NC(=O)Cc1csc(-c2ccoc2)n1. The highest BCUT2D eigenvalue weighted by Gasteiger charge is 2.14. The topological polar surface area (TPSA) is 81.1 Å². The maximum absolute atomic E-state index is 12.0. The van der Waals surface area contributed by atoms with Crippen LogP contribution in [0, 0.1) is 5.92 Å². The number of nitrogens with two attached hydrogens (primary N) is 1. The lowest BCUT2D eigenvalue weighted by atomic mass is 10.0. The van der Waals surface area contributed by atoms with Crippen molar-refractivity contribution in [2.45, 2.75) is 32.7 Å². The minimum Gasteiger partial charge on any atom is -0.472 e. The molecule has 2 aromatic heterocycles. The number of thiazole rings is 1. The van der Waals surface area contributed by atoms with Crippen LogP contribution in [0.25, 0.3) is 10.6 Å². The Kier molecular flexibility index (Phi) is 5.52. The highest BCUT2D eigenvalue weighted by molar-refractivity contribution is 7.13. The van der Waals surface area contributed by atoms with Crippen molar-refractivity contribution < 1.29 is 9.21 Å². The summed E-state index contributed by atoms with van der Waals surface area (Å²) < 4.78 is 5.04. The summed E-state index contributed by atoms with van der Waals surface area (Å²) >= 11 is 1.51. The summed E-state index contributed by atoms with van der Waals surface area (Å²) in [6.07, 6.45) is 4.43. The van der Waals surface area contributed by atoms with Crippen LogP contribution in [-0.2, 0) is 11.2 Å². The van der Waals surface area contributed by atoms with Crippen molar-refractivity contribution in [2.75, 3.05) is 6.54 Å². The van der Waals surface area contributed by atoms with Gasteiger partial charge in [0, 0.05) is 23.5 Å². The molecule has 1 atom stereocenters. The van der Waals surface area contributed by atoms with Crippen LogP contribution in [0.15, 0.2) is 28.4 Å². The van der Waals surface area contributed by atoms with Gasteiger partial charge in [0.25, 0.3) is 0 Å². The number of aromatic nitrogens is 1. The normalized spacial score (nSPS) is 12.6. The maximum Gasteiger partial charge on any atom is 0.226 e. The van der Waals surface area contributed by atoms with E-state index in [4.69, 9.17) is 10.2 Å². The number of amides is 1. The number of rotatable bonds is 7. The minimum atomic E-state index is -0.0323. The van der Waals surface area contributed by atoms with Gasteiger partial charge in [-0.05, 0) is 18.4 Å². The zero-order valence-corrected chi connectivity index (χ0v) is 13.2. The van der Waals surface area contributed by atoms with Crippen molar-refractivity contribution in [2.24, 2.45) is 11.7 Å². The Labute approximate surface area is 128 Å². The third-order valence-corrected chi connectivity index (χ3v) is 4.01. The van der Waals surface area contributed by atoms with Crippen LogP contribution in [0.1, 0.15) is 26.0 Å². The van der Waals surface area contributed by atoms with Crippen molar-refractivity contribution in [3.8, 4) is 10.6 Å². The molecule has 2 heterocycles. The fraction of sp³-hybridized carbons (Fsp3) is 0.467. The van der Waals surface area contributed by atoms with Crippen molar-refractivity contribution in [3.05, 3.63) is 29.7 Å². The second-order valence-corrected chi connectivity index (χ2v) is 6.32. The molecule has 6 heteroatoms. The van der Waals surface area contributed by atoms with E-state index in [1.165, 1.54) is 11.3 Å². The zero-order valence-electron chi connectivity index (χ0n) is 12.3. The van der Waals surface area contributed by atoms with Crippen molar-refractivity contribution in [1.29, 1.82) is 0 Å². The number of hydrogen-bond donors (Lipinski definition) is 2. The van der Waals surface area contributed by atoms with E-state index in [2.05, 4.69) is 24.1 Å². The van der Waals surface area contributed by atoms with Crippen molar-refractivity contribution >= 4 is 17.2 Å². The first-order chi connectivity index (χ1) is 10.1. The van der Waals surface area contributed by atoms with E-state index < -0.39 is 0 Å². The van der Waals surface area contributed by atoms with E-state index in [9.17, 15) is 4.79 Å². The molecule has 0 aromatic carbocycles. The predicted octanol–water partition coefficient (Wildman–Crippen LogP) is 2.44. The summed E-state index contributed by atoms with van der Waals surface area (Å²) in [4.78, 5) is 16.5. The molecule has 2 rings (SSSR count). The molecule has 114 valence electrons. The molecule has 0 radical (unpaired) electrons. The van der Waals surface area contributed by atoms with E-state index in [0.717, 1.165) is 22.7 Å². The van der Waals surface area contributed by atoms with Crippen LogP contribution in [0.2, 0.25) is 0 Å². The molecule has 5 nitrogen and oxygen atoms in total. The van der Waals surface area contributed by atoms with Crippen LogP contribution in [-0.4, -0.2) is 23.5 Å². The van der Waals surface area contributed by atoms with Gasteiger partial charge in [0.15, 0.2) is 0 Å². The van der Waals surface area contributed by atoms with Gasteiger partial charge in [-0.2, -0.15) is 0 Å². The monoisotopic (exact) mass is 307 g/mol. The number of carbonyl (C=O) groups is 1. The van der Waals surface area contributed by atoms with E-state index in [-0.39, 0.29) is 18.4 Å². The Morgan fingerprint density at radius 3 is 2.95 bits per heavy atom. The highest BCUT2D eigenvalue weighted by Crippen LogP contribution is 2.24. The van der Waals surface area contributed by atoms with Gasteiger partial charge in [0.05, 0.1) is 18.4 Å². The maximum atomic E-state index is 12.0. The Morgan fingerprint density at radius 2 is 2.33 bits per heavy atom. The first-order valence-corrected chi connectivity index (χ1v) is 7.93. The van der Waals surface area contributed by atoms with Gasteiger partial charge in [-0.1, -0.05) is 13.8 Å². The predicted molar refractivity (Wildman–Crippen MR) is 84.0 cm³/mol. The molecular weight excluding hydrogens is 286 g/mol. The van der Waals surface area contributed by atoms with Crippen LogP contribution < -0.4 is 11.1 Å². The van der Waals surface area contributed by atoms with E-state index in [1.54, 1.807) is 12.5 Å². The van der Waals surface area contributed by atoms with Gasteiger partial charge >= 0.3 is 0 Å². The summed E-state index contributed by atoms with van der Waals surface area (Å²) in [6, 6.07) is 1.89. The third kappa shape index (κ3) is 4.68. The Balaban J connectivity index is 1.91. The van der Waals surface area contributed by atoms with E-state index >= 15 is 0 Å². The molecule has 0 bridgehead atoms. The Bertz CT molecular complexity index is 563. The molecule has 0 aliphatic rings. The highest BCUT2D eigenvalue weighted by atomic mass is 32.1. The van der Waals surface area contributed by atoms with Crippen LogP contribution in [0.5, 0.6) is 0 Å². The zero-order chi connectivity index (χ0) is 15.2. The first-order valence-electron chi connectivity index (χ1n) is 7.05. The Hall–Kier alpha value is -1.66. The fourth-order valence-corrected chi connectivity index (χ4v) is 2.94. The fourth-order valence-electron chi connectivity index (χ4n) is 2.13. The molecular formula is C15H21N3O2S. The molecule has 0 saturated heterocycles. The summed E-state index contributed by atoms with van der Waals surface area (Å²) in [5, 5.41) is 5.74. The standard InChI is InChI=1S/C15H21N3O2S/c1-10(2)5-12(7-16)17-14(19)6-13-9-21-15(18-13)11-3-4-20-8-11/h3-4,8-10,12H,5-7,16H2,1-2H3,(H,17,19). The first kappa shape index (κ1) is 15.7. The van der Waals surface area contributed by atoms with Gasteiger partial charge < -0.3 is 15.5 Å². The molecule has 21 heavy (non-hydrogen) atoms. The average molecular weight is 307 g/mol. The van der Waals surface area contributed by atoms with Crippen molar-refractivity contribution in [3.63, 3.8) is 0 Å². The lowest BCUT2D eigenvalue weighted by molar-refractivity contribution is -0.121. The molecule has 0 fully saturated rings. The van der Waals surface area contributed by atoms with Gasteiger partial charge in [-0.25, -0.2) is 4.98 Å². The average Bonchev–Trinajstić information content (AvgIpc) is 3.07. The van der Waals surface area contributed by atoms with Gasteiger partial charge in [-0.15, -0.1) is 11.3 Å². The number of furan rings is 1. The van der Waals surface area contributed by atoms with Crippen LogP contribution in [0.4, 0.5) is 0 Å². The van der Waals surface area contributed by atoms with Gasteiger partial charge in [-0.3, -0.25) is 4.79 Å². The number of hydrogen-bond acceptors (Lipinski definition) is 5. The van der Waals surface area contributed by atoms with Gasteiger partial charge in [0.1, 0.15) is 11.3 Å². The lowest BCUT2D eigenvalue weighted by Crippen LogP contribution is -2.41. The molecule has 0 aliphatic heterocycles. The summed E-state index contributed by atoms with van der Waals surface area (Å²) in [5.74, 6) is 0.473. The molecule has 1 amide bonds. The van der Waals surface area contributed by atoms with E-state index in [0.29, 0.717) is 12.5 Å². The molecule has 0 aliphatic carbocycles. The smallest absolute Gasteiger partial charge is 0.226 e. The molecule has 0 spiro atoms. The summed E-state index contributed by atoms with van der Waals surface area (Å²) in [5.41, 5.74) is 7.40. The Morgan fingerprint density at radius 1 is 1.52 bits per heavy atom. The van der Waals surface area contributed by atoms with Crippen LogP contribution >= 0.6 is 11.3 Å². The lowest BCUT2D eigenvalue weighted by Gasteiger charge is -2.18. The second kappa shape index (κ2) is 7.38. The third-order valence-electron chi connectivity index (χ3n) is 3.07. The number of nitrogens with zero attached hydrogens (tertiary/aromatic N) is 1. The van der Waals surface area contributed by atoms with Gasteiger partial charge in [0.2, 0.25) is 5.91 Å². The summed E-state index contributed by atoms with van der Waals surface area (Å²) in [7, 11) is 0. The quantitative estimate of drug-likeness (QED) is 0.823. The molecule has 0 saturated carbocycles. The number of carbonyl (C=O) groups excluding carboxylic acids is 1. The number of nitrogens with one attached hydrogen (secondary N) is 1. The van der Waals surface area contributed by atoms with E-state index in [1.807, 2.05) is 11.4 Å². The molecule has 1 unspecified atom stereocenters. The largest absolute Gasteiger partial charge is 0.472 e. The molecule has 3 N–H and O–H groups in total. The van der Waals surface area contributed by atoms with Crippen molar-refractivity contribution in [1.82, 2.24) is 10.3 Å².